The van der Waals surface area contributed by atoms with Crippen molar-refractivity contribution in [1.29, 1.82) is 0 Å². The summed E-state index contributed by atoms with van der Waals surface area (Å²) < 4.78 is 36.3. The maximum Gasteiger partial charge on any atom is 0.265 e. The third-order valence-electron chi connectivity index (χ3n) is 4.13. The zero-order chi connectivity index (χ0) is 20.4. The quantitative estimate of drug-likeness (QED) is 0.668. The van der Waals surface area contributed by atoms with Crippen LogP contribution in [-0.2, 0) is 15.4 Å². The van der Waals surface area contributed by atoms with Crippen molar-refractivity contribution >= 4 is 15.7 Å². The lowest BCUT2D eigenvalue weighted by Crippen LogP contribution is -2.20. The Hall–Kier alpha value is -2.80. The van der Waals surface area contributed by atoms with Crippen molar-refractivity contribution in [2.24, 2.45) is 0 Å². The minimum atomic E-state index is -3.87. The first kappa shape index (κ1) is 19.9. The van der Waals surface area contributed by atoms with Crippen LogP contribution in [-0.4, -0.2) is 24.8 Å². The summed E-state index contributed by atoms with van der Waals surface area (Å²) in [5, 5.41) is 4.58. The highest BCUT2D eigenvalue weighted by Crippen LogP contribution is 2.32. The Kier molecular flexibility index (Phi) is 5.47. The predicted octanol–water partition coefficient (Wildman–Crippen LogP) is 4.37. The van der Waals surface area contributed by atoms with Gasteiger partial charge in [-0.05, 0) is 31.2 Å². The van der Waals surface area contributed by atoms with Crippen LogP contribution in [0.5, 0.6) is 5.75 Å². The Morgan fingerprint density at radius 1 is 1.04 bits per heavy atom. The SMILES string of the molecule is CCOc1ccccc1NS(=O)(=O)c1cn(-c2ccccc2)nc1C(C)(C)C. The van der Waals surface area contributed by atoms with Crippen LogP contribution in [0.25, 0.3) is 5.69 Å². The van der Waals surface area contributed by atoms with E-state index < -0.39 is 15.4 Å². The lowest BCUT2D eigenvalue weighted by Gasteiger charge is -2.18. The number of hydrogen-bond acceptors (Lipinski definition) is 4. The van der Waals surface area contributed by atoms with Gasteiger partial charge < -0.3 is 4.74 Å². The van der Waals surface area contributed by atoms with Crippen LogP contribution in [0.15, 0.2) is 65.7 Å². The summed E-state index contributed by atoms with van der Waals surface area (Å²) in [6.45, 7) is 8.12. The molecule has 0 aliphatic heterocycles. The van der Waals surface area contributed by atoms with E-state index in [0.717, 1.165) is 5.69 Å². The number of hydrogen-bond donors (Lipinski definition) is 1. The molecule has 2 aromatic carbocycles. The van der Waals surface area contributed by atoms with Gasteiger partial charge in [-0.15, -0.1) is 0 Å². The van der Waals surface area contributed by atoms with Crippen LogP contribution in [0.4, 0.5) is 5.69 Å². The molecule has 0 aliphatic rings. The number of anilines is 1. The van der Waals surface area contributed by atoms with Gasteiger partial charge in [0.25, 0.3) is 10.0 Å². The highest BCUT2D eigenvalue weighted by atomic mass is 32.2. The average Bonchev–Trinajstić information content (AvgIpc) is 3.11. The van der Waals surface area contributed by atoms with E-state index in [1.807, 2.05) is 58.0 Å². The zero-order valence-electron chi connectivity index (χ0n) is 16.5. The smallest absolute Gasteiger partial charge is 0.265 e. The third-order valence-corrected chi connectivity index (χ3v) is 5.50. The van der Waals surface area contributed by atoms with E-state index in [1.54, 1.807) is 35.1 Å². The van der Waals surface area contributed by atoms with E-state index >= 15 is 0 Å². The van der Waals surface area contributed by atoms with Crippen molar-refractivity contribution in [3.8, 4) is 11.4 Å². The van der Waals surface area contributed by atoms with Gasteiger partial charge in [-0.25, -0.2) is 13.1 Å². The summed E-state index contributed by atoms with van der Waals surface area (Å²) in [5.74, 6) is 0.487. The standard InChI is InChI=1S/C21H25N3O3S/c1-5-27-18-14-10-9-13-17(18)23-28(25,26)19-15-24(16-11-7-6-8-12-16)22-20(19)21(2,3)4/h6-15,23H,5H2,1-4H3. The second kappa shape index (κ2) is 7.67. The highest BCUT2D eigenvalue weighted by Gasteiger charge is 2.30. The van der Waals surface area contributed by atoms with Gasteiger partial charge in [0.1, 0.15) is 10.6 Å². The van der Waals surface area contributed by atoms with E-state index in [0.29, 0.717) is 23.7 Å². The molecule has 6 nitrogen and oxygen atoms in total. The molecule has 1 N–H and O–H groups in total. The van der Waals surface area contributed by atoms with Crippen LogP contribution in [0.1, 0.15) is 33.4 Å². The van der Waals surface area contributed by atoms with Crippen LogP contribution >= 0.6 is 0 Å². The summed E-state index contributed by atoms with van der Waals surface area (Å²) in [7, 11) is -3.87. The number of ether oxygens (including phenoxy) is 1. The summed E-state index contributed by atoms with van der Waals surface area (Å²) in [4.78, 5) is 0.148. The molecular weight excluding hydrogens is 374 g/mol. The van der Waals surface area contributed by atoms with Crippen LogP contribution in [0.2, 0.25) is 0 Å². The van der Waals surface area contributed by atoms with E-state index in [4.69, 9.17) is 4.74 Å². The average molecular weight is 400 g/mol. The molecule has 0 aliphatic carbocycles. The molecule has 0 fully saturated rings. The van der Waals surface area contributed by atoms with Gasteiger partial charge in [-0.2, -0.15) is 5.10 Å². The maximum absolute atomic E-state index is 13.3. The first-order valence-corrected chi connectivity index (χ1v) is 10.6. The predicted molar refractivity (Wildman–Crippen MR) is 111 cm³/mol. The fraction of sp³-hybridized carbons (Fsp3) is 0.286. The second-order valence-electron chi connectivity index (χ2n) is 7.41. The Balaban J connectivity index is 2.07. The van der Waals surface area contributed by atoms with Crippen LogP contribution in [0.3, 0.4) is 0 Å². The lowest BCUT2D eigenvalue weighted by atomic mass is 9.92. The summed E-state index contributed by atoms with van der Waals surface area (Å²) in [6, 6.07) is 16.4. The Morgan fingerprint density at radius 3 is 2.32 bits per heavy atom. The van der Waals surface area contributed by atoms with E-state index in [9.17, 15) is 8.42 Å². The summed E-state index contributed by atoms with van der Waals surface area (Å²) >= 11 is 0. The molecule has 0 unspecified atom stereocenters. The number of benzene rings is 2. The Bertz CT molecular complexity index is 1050. The molecule has 0 saturated carbocycles. The zero-order valence-corrected chi connectivity index (χ0v) is 17.3. The molecule has 0 spiro atoms. The van der Waals surface area contributed by atoms with E-state index in [2.05, 4.69) is 9.82 Å². The van der Waals surface area contributed by atoms with Crippen molar-refractivity contribution in [2.75, 3.05) is 11.3 Å². The summed E-state index contributed by atoms with van der Waals surface area (Å²) in [6.07, 6.45) is 1.56. The molecule has 0 saturated heterocycles. The number of sulfonamides is 1. The molecule has 148 valence electrons. The number of rotatable bonds is 6. The minimum Gasteiger partial charge on any atom is -0.492 e. The van der Waals surface area contributed by atoms with Gasteiger partial charge in [0.05, 0.1) is 29.9 Å². The molecule has 0 bridgehead atoms. The van der Waals surface area contributed by atoms with Gasteiger partial charge in [-0.1, -0.05) is 51.1 Å². The first-order chi connectivity index (χ1) is 13.2. The molecule has 0 amide bonds. The van der Waals surface area contributed by atoms with Gasteiger partial charge in [0.15, 0.2) is 0 Å². The third kappa shape index (κ3) is 4.20. The van der Waals surface area contributed by atoms with Gasteiger partial charge in [0, 0.05) is 5.41 Å². The highest BCUT2D eigenvalue weighted by molar-refractivity contribution is 7.92. The molecule has 0 atom stereocenters. The van der Waals surface area contributed by atoms with Gasteiger partial charge in [0.2, 0.25) is 0 Å². The van der Waals surface area contributed by atoms with Crippen molar-refractivity contribution in [1.82, 2.24) is 9.78 Å². The summed E-state index contributed by atoms with van der Waals surface area (Å²) in [5.41, 5.74) is 1.24. The number of para-hydroxylation sites is 3. The van der Waals surface area contributed by atoms with Crippen molar-refractivity contribution in [3.63, 3.8) is 0 Å². The lowest BCUT2D eigenvalue weighted by molar-refractivity contribution is 0.342. The molecule has 28 heavy (non-hydrogen) atoms. The minimum absolute atomic E-state index is 0.148. The van der Waals surface area contributed by atoms with Crippen molar-refractivity contribution in [2.45, 2.75) is 38.0 Å². The molecule has 7 heteroatoms. The maximum atomic E-state index is 13.3. The first-order valence-electron chi connectivity index (χ1n) is 9.12. The Labute approximate surface area is 166 Å². The van der Waals surface area contributed by atoms with Crippen LogP contribution in [0, 0.1) is 0 Å². The number of nitrogens with zero attached hydrogens (tertiary/aromatic N) is 2. The van der Waals surface area contributed by atoms with Crippen molar-refractivity contribution < 1.29 is 13.2 Å². The molecule has 1 heterocycles. The molecule has 3 rings (SSSR count). The molecular formula is C21H25N3O3S. The topological polar surface area (TPSA) is 73.2 Å². The van der Waals surface area contributed by atoms with Crippen molar-refractivity contribution in [3.05, 3.63) is 66.5 Å². The number of nitrogens with one attached hydrogen (secondary N) is 1. The monoisotopic (exact) mass is 399 g/mol. The van der Waals surface area contributed by atoms with E-state index in [1.165, 1.54) is 0 Å². The number of aromatic nitrogens is 2. The second-order valence-corrected chi connectivity index (χ2v) is 9.06. The molecule has 0 radical (unpaired) electrons. The fourth-order valence-corrected chi connectivity index (χ4v) is 4.23. The van der Waals surface area contributed by atoms with Gasteiger partial charge in [-0.3, -0.25) is 4.72 Å². The van der Waals surface area contributed by atoms with Crippen LogP contribution < -0.4 is 9.46 Å². The van der Waals surface area contributed by atoms with E-state index in [-0.39, 0.29) is 4.90 Å². The Morgan fingerprint density at radius 2 is 1.68 bits per heavy atom. The van der Waals surface area contributed by atoms with Gasteiger partial charge >= 0.3 is 0 Å². The molecule has 1 aromatic heterocycles. The molecule has 3 aromatic rings. The normalized spacial score (nSPS) is 12.0. The fourth-order valence-electron chi connectivity index (χ4n) is 2.82. The largest absolute Gasteiger partial charge is 0.492 e.